The van der Waals surface area contributed by atoms with E-state index in [1.807, 2.05) is 6.07 Å². The Hall–Kier alpha value is -2.12. The van der Waals surface area contributed by atoms with Crippen molar-refractivity contribution in [1.29, 1.82) is 0 Å². The minimum atomic E-state index is -4.36. The molecule has 7 heteroatoms. The Morgan fingerprint density at radius 1 is 1.04 bits per heavy atom. The Labute approximate surface area is 162 Å². The van der Waals surface area contributed by atoms with Crippen LogP contribution in [0.2, 0.25) is 0 Å². The lowest BCUT2D eigenvalue weighted by Gasteiger charge is -2.30. The van der Waals surface area contributed by atoms with Crippen molar-refractivity contribution in [2.45, 2.75) is 31.6 Å². The zero-order chi connectivity index (χ0) is 19.3. The molecule has 0 unspecified atom stereocenters. The second-order valence-electron chi connectivity index (χ2n) is 6.86. The fourth-order valence-electron chi connectivity index (χ4n) is 3.36. The minimum absolute atomic E-state index is 0.246. The van der Waals surface area contributed by atoms with Crippen LogP contribution in [0.1, 0.15) is 24.0 Å². The molecule has 144 valence electrons. The molecule has 27 heavy (non-hydrogen) atoms. The molecule has 2 aromatic rings. The first kappa shape index (κ1) is 19.6. The summed E-state index contributed by atoms with van der Waals surface area (Å²) in [6.45, 7) is 3.10. The van der Waals surface area contributed by atoms with Gasteiger partial charge in [0.25, 0.3) is 0 Å². The molecule has 1 aliphatic rings. The van der Waals surface area contributed by atoms with Gasteiger partial charge in [-0.1, -0.05) is 36.4 Å². The van der Waals surface area contributed by atoms with E-state index in [2.05, 4.69) is 34.9 Å². The van der Waals surface area contributed by atoms with Crippen molar-refractivity contribution in [3.05, 3.63) is 65.7 Å². The maximum Gasteiger partial charge on any atom is 0.416 e. The molecule has 0 aromatic heterocycles. The highest BCUT2D eigenvalue weighted by atomic mass is 32.1. The third-order valence-electron chi connectivity index (χ3n) is 4.77. The van der Waals surface area contributed by atoms with Crippen LogP contribution in [0.4, 0.5) is 18.9 Å². The first-order valence-electron chi connectivity index (χ1n) is 9.02. The SMILES string of the molecule is FC(F)(F)c1cccc(NC(=S)NC2CC[NH+](Cc3ccccc3)CC2)c1. The summed E-state index contributed by atoms with van der Waals surface area (Å²) < 4.78 is 38.4. The van der Waals surface area contributed by atoms with Gasteiger partial charge in [-0.2, -0.15) is 13.2 Å². The quantitative estimate of drug-likeness (QED) is 0.696. The number of hydrogen-bond acceptors (Lipinski definition) is 1. The van der Waals surface area contributed by atoms with Gasteiger partial charge in [0.15, 0.2) is 5.11 Å². The maximum atomic E-state index is 12.8. The molecule has 0 radical (unpaired) electrons. The summed E-state index contributed by atoms with van der Waals surface area (Å²) >= 11 is 5.28. The molecular formula is C20H23F3N3S+. The van der Waals surface area contributed by atoms with E-state index in [-0.39, 0.29) is 6.04 Å². The molecule has 0 spiro atoms. The van der Waals surface area contributed by atoms with Crippen molar-refractivity contribution in [3.8, 4) is 0 Å². The summed E-state index contributed by atoms with van der Waals surface area (Å²) in [5.41, 5.74) is 0.989. The van der Waals surface area contributed by atoms with Gasteiger partial charge in [-0.05, 0) is 30.4 Å². The predicted octanol–water partition coefficient (Wildman–Crippen LogP) is 3.24. The Morgan fingerprint density at radius 2 is 1.74 bits per heavy atom. The molecule has 1 aliphatic heterocycles. The number of piperidine rings is 1. The third-order valence-corrected chi connectivity index (χ3v) is 4.99. The number of benzene rings is 2. The van der Waals surface area contributed by atoms with Crippen LogP contribution in [0.15, 0.2) is 54.6 Å². The molecule has 3 rings (SSSR count). The van der Waals surface area contributed by atoms with E-state index < -0.39 is 11.7 Å². The largest absolute Gasteiger partial charge is 0.416 e. The second-order valence-corrected chi connectivity index (χ2v) is 7.27. The lowest BCUT2D eigenvalue weighted by molar-refractivity contribution is -0.918. The van der Waals surface area contributed by atoms with Crippen molar-refractivity contribution in [2.75, 3.05) is 18.4 Å². The van der Waals surface area contributed by atoms with Gasteiger partial charge in [0.1, 0.15) is 6.54 Å². The number of halogens is 3. The Kier molecular flexibility index (Phi) is 6.34. The number of thiocarbonyl (C=S) groups is 1. The summed E-state index contributed by atoms with van der Waals surface area (Å²) in [7, 11) is 0. The van der Waals surface area contributed by atoms with Crippen LogP contribution in [0.25, 0.3) is 0 Å². The fraction of sp³-hybridized carbons (Fsp3) is 0.350. The van der Waals surface area contributed by atoms with E-state index in [1.165, 1.54) is 16.5 Å². The molecular weight excluding hydrogens is 371 g/mol. The van der Waals surface area contributed by atoms with Crippen LogP contribution >= 0.6 is 12.2 Å². The van der Waals surface area contributed by atoms with Gasteiger partial charge in [-0.25, -0.2) is 0 Å². The van der Waals surface area contributed by atoms with Crippen LogP contribution in [0.3, 0.4) is 0 Å². The van der Waals surface area contributed by atoms with E-state index in [4.69, 9.17) is 12.2 Å². The summed E-state index contributed by atoms with van der Waals surface area (Å²) in [5.74, 6) is 0. The molecule has 0 bridgehead atoms. The lowest BCUT2D eigenvalue weighted by Crippen LogP contribution is -3.12. The van der Waals surface area contributed by atoms with Gasteiger partial charge in [0.2, 0.25) is 0 Å². The van der Waals surface area contributed by atoms with Gasteiger partial charge >= 0.3 is 6.18 Å². The summed E-state index contributed by atoms with van der Waals surface area (Å²) in [6, 6.07) is 15.7. The number of likely N-dealkylation sites (tertiary alicyclic amines) is 1. The van der Waals surface area contributed by atoms with E-state index in [9.17, 15) is 13.2 Å². The Morgan fingerprint density at radius 3 is 2.41 bits per heavy atom. The number of quaternary nitrogens is 1. The minimum Gasteiger partial charge on any atom is -0.359 e. The zero-order valence-electron chi connectivity index (χ0n) is 14.9. The van der Waals surface area contributed by atoms with Crippen LogP contribution in [-0.4, -0.2) is 24.2 Å². The Bertz CT molecular complexity index is 757. The Balaban J connectivity index is 1.46. The van der Waals surface area contributed by atoms with Gasteiger partial charge < -0.3 is 15.5 Å². The number of hydrogen-bond donors (Lipinski definition) is 3. The molecule has 0 amide bonds. The standard InChI is InChI=1S/C20H22F3N3S/c21-20(22,23)16-7-4-8-18(13-16)25-19(27)24-17-9-11-26(12-10-17)14-15-5-2-1-3-6-15/h1-8,13,17H,9-12,14H2,(H2,24,25,27)/p+1. The molecule has 2 aromatic carbocycles. The van der Waals surface area contributed by atoms with Crippen molar-refractivity contribution in [3.63, 3.8) is 0 Å². The van der Waals surface area contributed by atoms with Crippen LogP contribution in [0.5, 0.6) is 0 Å². The lowest BCUT2D eigenvalue weighted by atomic mass is 10.0. The molecule has 0 saturated carbocycles. The first-order valence-corrected chi connectivity index (χ1v) is 9.43. The average Bonchev–Trinajstić information content (AvgIpc) is 2.64. The molecule has 1 fully saturated rings. The zero-order valence-corrected chi connectivity index (χ0v) is 15.7. The average molecular weight is 394 g/mol. The van der Waals surface area contributed by atoms with Crippen LogP contribution in [-0.2, 0) is 12.7 Å². The first-order chi connectivity index (χ1) is 12.9. The number of anilines is 1. The van der Waals surface area contributed by atoms with Crippen molar-refractivity contribution in [1.82, 2.24) is 5.32 Å². The topological polar surface area (TPSA) is 28.5 Å². The van der Waals surface area contributed by atoms with Gasteiger partial charge in [0.05, 0.1) is 18.7 Å². The normalized spacial score (nSPS) is 20.1. The number of rotatable bonds is 4. The van der Waals surface area contributed by atoms with Crippen LogP contribution in [0, 0.1) is 0 Å². The summed E-state index contributed by atoms with van der Waals surface area (Å²) in [5, 5.41) is 6.47. The van der Waals surface area contributed by atoms with Crippen LogP contribution < -0.4 is 15.5 Å². The van der Waals surface area contributed by atoms with Crippen molar-refractivity contribution < 1.29 is 18.1 Å². The smallest absolute Gasteiger partial charge is 0.359 e. The highest BCUT2D eigenvalue weighted by Crippen LogP contribution is 2.30. The van der Waals surface area contributed by atoms with E-state index in [0.717, 1.165) is 44.6 Å². The maximum absolute atomic E-state index is 12.8. The summed E-state index contributed by atoms with van der Waals surface area (Å²) in [6.07, 6.45) is -2.40. The molecule has 1 heterocycles. The predicted molar refractivity (Wildman–Crippen MR) is 105 cm³/mol. The summed E-state index contributed by atoms with van der Waals surface area (Å²) in [4.78, 5) is 1.54. The molecule has 1 saturated heterocycles. The molecule has 0 aliphatic carbocycles. The second kappa shape index (κ2) is 8.71. The van der Waals surface area contributed by atoms with Gasteiger partial charge in [-0.15, -0.1) is 0 Å². The highest BCUT2D eigenvalue weighted by molar-refractivity contribution is 7.80. The molecule has 3 nitrogen and oxygen atoms in total. The van der Waals surface area contributed by atoms with E-state index in [1.54, 1.807) is 6.07 Å². The van der Waals surface area contributed by atoms with E-state index in [0.29, 0.717) is 10.8 Å². The number of alkyl halides is 3. The van der Waals surface area contributed by atoms with Crippen molar-refractivity contribution in [2.24, 2.45) is 0 Å². The van der Waals surface area contributed by atoms with Gasteiger partial charge in [0, 0.05) is 30.1 Å². The van der Waals surface area contributed by atoms with Gasteiger partial charge in [-0.3, -0.25) is 0 Å². The van der Waals surface area contributed by atoms with E-state index >= 15 is 0 Å². The monoisotopic (exact) mass is 394 g/mol. The molecule has 3 N–H and O–H groups in total. The van der Waals surface area contributed by atoms with Crippen molar-refractivity contribution >= 4 is 23.0 Å². The molecule has 0 atom stereocenters. The highest BCUT2D eigenvalue weighted by Gasteiger charge is 2.30. The third kappa shape index (κ3) is 5.94. The number of nitrogens with one attached hydrogen (secondary N) is 3. The fourth-order valence-corrected chi connectivity index (χ4v) is 3.64.